The highest BCUT2D eigenvalue weighted by atomic mass is 79.9. The first-order chi connectivity index (χ1) is 8.84. The van der Waals surface area contributed by atoms with E-state index >= 15 is 0 Å². The van der Waals surface area contributed by atoms with Gasteiger partial charge >= 0.3 is 0 Å². The van der Waals surface area contributed by atoms with E-state index in [0.29, 0.717) is 13.2 Å². The molecule has 2 atom stereocenters. The number of anilines is 1. The van der Waals surface area contributed by atoms with Crippen molar-refractivity contribution in [3.63, 3.8) is 0 Å². The van der Waals surface area contributed by atoms with Crippen LogP contribution in [0.5, 0.6) is 0 Å². The number of hydrogen-bond donors (Lipinski definition) is 2. The fourth-order valence-electron chi connectivity index (χ4n) is 2.29. The van der Waals surface area contributed by atoms with Gasteiger partial charge < -0.3 is 15.8 Å². The van der Waals surface area contributed by atoms with E-state index in [1.165, 1.54) is 0 Å². The van der Waals surface area contributed by atoms with E-state index in [4.69, 9.17) is 10.5 Å². The van der Waals surface area contributed by atoms with Crippen LogP contribution >= 0.6 is 15.9 Å². The summed E-state index contributed by atoms with van der Waals surface area (Å²) in [6.07, 6.45) is 0. The maximum Gasteiger partial charge on any atom is 0.234 e. The van der Waals surface area contributed by atoms with E-state index in [9.17, 15) is 4.79 Å². The molecule has 1 heterocycles. The second-order valence-electron chi connectivity index (χ2n) is 5.41. The zero-order valence-electron chi connectivity index (χ0n) is 11.4. The van der Waals surface area contributed by atoms with Crippen LogP contribution < -0.4 is 11.1 Å². The average Bonchev–Trinajstić information content (AvgIpc) is 2.65. The molecule has 1 amide bonds. The minimum absolute atomic E-state index is 0.0778. The van der Waals surface area contributed by atoms with Crippen LogP contribution in [0.15, 0.2) is 16.6 Å². The van der Waals surface area contributed by atoms with Gasteiger partial charge in [-0.1, -0.05) is 15.9 Å². The van der Waals surface area contributed by atoms with Gasteiger partial charge in [0.25, 0.3) is 0 Å². The number of hydrogen-bond acceptors (Lipinski definition) is 3. The summed E-state index contributed by atoms with van der Waals surface area (Å²) in [6.45, 7) is 6.60. The molecule has 0 saturated carbocycles. The average molecular weight is 327 g/mol. The second kappa shape index (κ2) is 5.23. The Morgan fingerprint density at radius 3 is 2.53 bits per heavy atom. The summed E-state index contributed by atoms with van der Waals surface area (Å²) in [4.78, 5) is 12.5. The van der Waals surface area contributed by atoms with Crippen molar-refractivity contribution in [1.29, 1.82) is 0 Å². The molecule has 4 nitrogen and oxygen atoms in total. The van der Waals surface area contributed by atoms with Crippen molar-refractivity contribution in [2.24, 2.45) is 11.1 Å². The maximum absolute atomic E-state index is 12.5. The van der Waals surface area contributed by atoms with Crippen molar-refractivity contribution in [3.05, 3.63) is 27.7 Å². The van der Waals surface area contributed by atoms with Gasteiger partial charge in [0.1, 0.15) is 0 Å². The van der Waals surface area contributed by atoms with E-state index in [1.54, 1.807) is 0 Å². The molecule has 1 aliphatic heterocycles. The van der Waals surface area contributed by atoms with E-state index in [1.807, 2.05) is 32.9 Å². The highest BCUT2D eigenvalue weighted by molar-refractivity contribution is 9.10. The summed E-state index contributed by atoms with van der Waals surface area (Å²) < 4.78 is 6.32. The molecule has 2 rings (SSSR count). The molecular formula is C14H19BrN2O2. The molecule has 3 N–H and O–H groups in total. The normalized spacial score (nSPS) is 26.5. The SMILES string of the molecule is Cc1cc(Br)cc(C)c1NC(=O)C1(C)COCC1N. The fraction of sp³-hybridized carbons (Fsp3) is 0.500. The van der Waals surface area contributed by atoms with E-state index in [2.05, 4.69) is 21.2 Å². The zero-order chi connectivity index (χ0) is 14.2. The van der Waals surface area contributed by atoms with Gasteiger partial charge in [0.2, 0.25) is 5.91 Å². The number of benzene rings is 1. The second-order valence-corrected chi connectivity index (χ2v) is 6.32. The Morgan fingerprint density at radius 2 is 2.05 bits per heavy atom. The molecule has 104 valence electrons. The van der Waals surface area contributed by atoms with Gasteiger partial charge in [-0.05, 0) is 44.0 Å². The van der Waals surface area contributed by atoms with E-state index in [-0.39, 0.29) is 11.9 Å². The van der Waals surface area contributed by atoms with Crippen LogP contribution in [0.4, 0.5) is 5.69 Å². The Morgan fingerprint density at radius 1 is 1.47 bits per heavy atom. The predicted octanol–water partition coefficient (Wildman–Crippen LogP) is 2.37. The number of nitrogens with two attached hydrogens (primary N) is 1. The molecule has 1 fully saturated rings. The number of ether oxygens (including phenoxy) is 1. The van der Waals surface area contributed by atoms with E-state index in [0.717, 1.165) is 21.3 Å². The lowest BCUT2D eigenvalue weighted by molar-refractivity contribution is -0.125. The first kappa shape index (κ1) is 14.5. The number of halogens is 1. The van der Waals surface area contributed by atoms with Crippen molar-refractivity contribution < 1.29 is 9.53 Å². The van der Waals surface area contributed by atoms with Gasteiger partial charge in [0.15, 0.2) is 0 Å². The van der Waals surface area contributed by atoms with Gasteiger partial charge in [-0.2, -0.15) is 0 Å². The number of rotatable bonds is 2. The van der Waals surface area contributed by atoms with Crippen molar-refractivity contribution in [3.8, 4) is 0 Å². The molecular weight excluding hydrogens is 308 g/mol. The summed E-state index contributed by atoms with van der Waals surface area (Å²) in [5.74, 6) is -0.0778. The van der Waals surface area contributed by atoms with Crippen molar-refractivity contribution in [2.75, 3.05) is 18.5 Å². The predicted molar refractivity (Wildman–Crippen MR) is 79.1 cm³/mol. The first-order valence-corrected chi connectivity index (χ1v) is 7.05. The fourth-order valence-corrected chi connectivity index (χ4v) is 2.97. The third-order valence-electron chi connectivity index (χ3n) is 3.77. The lowest BCUT2D eigenvalue weighted by Crippen LogP contribution is -2.47. The highest BCUT2D eigenvalue weighted by Crippen LogP contribution is 2.31. The van der Waals surface area contributed by atoms with Crippen molar-refractivity contribution in [1.82, 2.24) is 0 Å². The largest absolute Gasteiger partial charge is 0.379 e. The van der Waals surface area contributed by atoms with Gasteiger partial charge in [-0.3, -0.25) is 4.79 Å². The number of aryl methyl sites for hydroxylation is 2. The summed E-state index contributed by atoms with van der Waals surface area (Å²) in [5, 5.41) is 3.00. The number of carbonyl (C=O) groups is 1. The molecule has 1 aliphatic rings. The topological polar surface area (TPSA) is 64.3 Å². The summed E-state index contributed by atoms with van der Waals surface area (Å²) in [5.41, 5.74) is 8.22. The molecule has 5 heteroatoms. The lowest BCUT2D eigenvalue weighted by Gasteiger charge is -2.26. The third-order valence-corrected chi connectivity index (χ3v) is 4.23. The quantitative estimate of drug-likeness (QED) is 0.876. The number of nitrogens with one attached hydrogen (secondary N) is 1. The minimum Gasteiger partial charge on any atom is -0.379 e. The first-order valence-electron chi connectivity index (χ1n) is 6.26. The molecule has 1 aromatic rings. The Hall–Kier alpha value is -0.910. The van der Waals surface area contributed by atoms with Crippen molar-refractivity contribution in [2.45, 2.75) is 26.8 Å². The molecule has 0 bridgehead atoms. The van der Waals surface area contributed by atoms with E-state index < -0.39 is 5.41 Å². The monoisotopic (exact) mass is 326 g/mol. The van der Waals surface area contributed by atoms with Crippen LogP contribution in [0, 0.1) is 19.3 Å². The zero-order valence-corrected chi connectivity index (χ0v) is 13.0. The molecule has 0 radical (unpaired) electrons. The maximum atomic E-state index is 12.5. The van der Waals surface area contributed by atoms with Gasteiger partial charge in [-0.25, -0.2) is 0 Å². The molecule has 1 saturated heterocycles. The number of carbonyl (C=O) groups excluding carboxylic acids is 1. The standard InChI is InChI=1S/C14H19BrN2O2/c1-8-4-10(15)5-9(2)12(8)17-13(18)14(3)7-19-6-11(14)16/h4-5,11H,6-7,16H2,1-3H3,(H,17,18). The molecule has 2 unspecified atom stereocenters. The van der Waals surface area contributed by atoms with Crippen LogP contribution in [0.2, 0.25) is 0 Å². The Balaban J connectivity index is 2.25. The third kappa shape index (κ3) is 2.68. The summed E-state index contributed by atoms with van der Waals surface area (Å²) in [7, 11) is 0. The molecule has 0 aliphatic carbocycles. The molecule has 0 spiro atoms. The van der Waals surface area contributed by atoms with Crippen LogP contribution in [-0.2, 0) is 9.53 Å². The number of amides is 1. The lowest BCUT2D eigenvalue weighted by atomic mass is 9.84. The van der Waals surface area contributed by atoms with Crippen LogP contribution in [-0.4, -0.2) is 25.2 Å². The van der Waals surface area contributed by atoms with Crippen LogP contribution in [0.25, 0.3) is 0 Å². The van der Waals surface area contributed by atoms with Gasteiger partial charge in [0, 0.05) is 16.2 Å². The Bertz CT molecular complexity index is 495. The highest BCUT2D eigenvalue weighted by Gasteiger charge is 2.44. The Labute approximate surface area is 121 Å². The smallest absolute Gasteiger partial charge is 0.234 e. The summed E-state index contributed by atoms with van der Waals surface area (Å²) >= 11 is 3.45. The van der Waals surface area contributed by atoms with Crippen molar-refractivity contribution >= 4 is 27.5 Å². The van der Waals surface area contributed by atoms with Gasteiger partial charge in [-0.15, -0.1) is 0 Å². The molecule has 1 aromatic carbocycles. The van der Waals surface area contributed by atoms with Crippen LogP contribution in [0.1, 0.15) is 18.1 Å². The molecule has 19 heavy (non-hydrogen) atoms. The molecule has 0 aromatic heterocycles. The minimum atomic E-state index is -0.661. The van der Waals surface area contributed by atoms with Gasteiger partial charge in [0.05, 0.1) is 18.6 Å². The van der Waals surface area contributed by atoms with Crippen LogP contribution in [0.3, 0.4) is 0 Å². The Kier molecular flexibility index (Phi) is 3.99. The summed E-state index contributed by atoms with van der Waals surface area (Å²) in [6, 6.07) is 3.70.